The summed E-state index contributed by atoms with van der Waals surface area (Å²) in [5.41, 5.74) is 11.8. The lowest BCUT2D eigenvalue weighted by Gasteiger charge is -2.13. The molecule has 0 aliphatic heterocycles. The minimum Gasteiger partial charge on any atom is -0.504 e. The van der Waals surface area contributed by atoms with E-state index in [0.717, 1.165) is 75.3 Å². The standard InChI is InChI=1S/C25H26N2O3.C24H23FN2O3.C20H14FNO3/c1-16-11-21-24(28)20-8-7-18(13-19-6-5-17(2)26-15-19)14-22(20)30-25(21)23(12-16)29-10-9-27(3)4;1-15-10-19-23(28)18-6-4-16(12-17-5-7-22(25)26-14-17)13-20(18)30-24(19)21(11-15)29-9-8-27(2)3;1-11-6-15-19(24)14-4-2-12(8-13-3-5-18(21)22-10-13)9-17(14)25-20(15)16(23)7-11/h5-8,11-12,14-15H,9-10,13H2,1-4H3;4-7,10-11,13-14H,8-9,12H2,1-3H3;2-7,9-10,23H,8H2,1H3. The number of fused-ring (bicyclic) bond motifs is 6. The van der Waals surface area contributed by atoms with Crippen molar-refractivity contribution in [3.05, 3.63) is 244 Å². The second kappa shape index (κ2) is 25.5. The highest BCUT2D eigenvalue weighted by atomic mass is 19.1. The van der Waals surface area contributed by atoms with Gasteiger partial charge in [0.2, 0.25) is 28.2 Å². The molecule has 85 heavy (non-hydrogen) atoms. The Labute approximate surface area is 488 Å². The number of nitrogens with zero attached hydrogens (tertiary/aromatic N) is 5. The maximum atomic E-state index is 13.1. The van der Waals surface area contributed by atoms with Crippen molar-refractivity contribution in [3.8, 4) is 17.2 Å². The van der Waals surface area contributed by atoms with Crippen LogP contribution in [0, 0.1) is 39.6 Å². The Bertz CT molecular complexity index is 4420. The van der Waals surface area contributed by atoms with Crippen LogP contribution >= 0.6 is 0 Å². The fourth-order valence-corrected chi connectivity index (χ4v) is 9.89. The summed E-state index contributed by atoms with van der Waals surface area (Å²) in [5.74, 6) is 0.0948. The maximum Gasteiger partial charge on any atom is 0.212 e. The third kappa shape index (κ3) is 13.9. The number of phenols is 1. The van der Waals surface area contributed by atoms with Crippen LogP contribution in [0.5, 0.6) is 17.2 Å². The van der Waals surface area contributed by atoms with Gasteiger partial charge in [0.05, 0.1) is 32.3 Å². The van der Waals surface area contributed by atoms with Crippen LogP contribution < -0.4 is 25.8 Å². The highest BCUT2D eigenvalue weighted by molar-refractivity contribution is 5.95. The Hall–Kier alpha value is -9.64. The average molecular weight is 1140 g/mol. The normalized spacial score (nSPS) is 11.4. The van der Waals surface area contributed by atoms with Gasteiger partial charge in [0, 0.05) is 37.4 Å². The van der Waals surface area contributed by atoms with E-state index in [1.807, 2.05) is 134 Å². The van der Waals surface area contributed by atoms with Crippen LogP contribution in [0.4, 0.5) is 8.78 Å². The van der Waals surface area contributed by atoms with Gasteiger partial charge in [0.25, 0.3) is 0 Å². The Morgan fingerprint density at radius 2 is 0.776 bits per heavy atom. The van der Waals surface area contributed by atoms with E-state index in [2.05, 4.69) is 25.9 Å². The Balaban J connectivity index is 0.000000142. The Morgan fingerprint density at radius 3 is 1.14 bits per heavy atom. The number of halogens is 2. The summed E-state index contributed by atoms with van der Waals surface area (Å²) in [6.45, 7) is 10.2. The molecule has 0 radical (unpaired) electrons. The number of benzene rings is 6. The quantitative estimate of drug-likeness (QED) is 0.0804. The molecule has 0 aliphatic rings. The minimum absolute atomic E-state index is 0.0315. The molecule has 6 aromatic carbocycles. The molecule has 0 aliphatic carbocycles. The molecule has 1 N–H and O–H groups in total. The van der Waals surface area contributed by atoms with Crippen molar-refractivity contribution in [2.45, 2.75) is 47.0 Å². The van der Waals surface area contributed by atoms with E-state index in [-0.39, 0.29) is 27.6 Å². The lowest BCUT2D eigenvalue weighted by molar-refractivity contribution is 0.261. The molecule has 12 aromatic rings. The number of hydrogen-bond donors (Lipinski definition) is 1. The monoisotopic (exact) mass is 1140 g/mol. The molecule has 16 heteroatoms. The minimum atomic E-state index is -0.523. The highest BCUT2D eigenvalue weighted by Crippen LogP contribution is 2.33. The second-order valence-corrected chi connectivity index (χ2v) is 21.8. The average Bonchev–Trinajstić information content (AvgIpc) is 1.27. The van der Waals surface area contributed by atoms with Crippen molar-refractivity contribution >= 4 is 65.8 Å². The van der Waals surface area contributed by atoms with Gasteiger partial charge in [-0.1, -0.05) is 36.4 Å². The number of aryl methyl sites for hydroxylation is 4. The highest BCUT2D eigenvalue weighted by Gasteiger charge is 2.18. The first-order valence-corrected chi connectivity index (χ1v) is 27.7. The lowest BCUT2D eigenvalue weighted by Crippen LogP contribution is -2.19. The maximum absolute atomic E-state index is 13.1. The number of rotatable bonds is 14. The number of pyridine rings is 3. The molecule has 0 saturated carbocycles. The predicted molar refractivity (Wildman–Crippen MR) is 330 cm³/mol. The molecule has 432 valence electrons. The van der Waals surface area contributed by atoms with Gasteiger partial charge in [-0.2, -0.15) is 8.78 Å². The van der Waals surface area contributed by atoms with Crippen molar-refractivity contribution in [2.75, 3.05) is 54.5 Å². The summed E-state index contributed by atoms with van der Waals surface area (Å²) in [6.07, 6.45) is 6.69. The molecule has 6 aromatic heterocycles. The number of hydrogen-bond acceptors (Lipinski definition) is 14. The predicted octanol–water partition coefficient (Wildman–Crippen LogP) is 12.9. The molecule has 6 heterocycles. The number of aromatic hydroxyl groups is 1. The van der Waals surface area contributed by atoms with Gasteiger partial charge in [0.15, 0.2) is 34.0 Å². The molecule has 0 fully saturated rings. The van der Waals surface area contributed by atoms with E-state index in [0.29, 0.717) is 97.8 Å². The van der Waals surface area contributed by atoms with E-state index in [1.54, 1.807) is 42.5 Å². The molecule has 0 spiro atoms. The van der Waals surface area contributed by atoms with Crippen LogP contribution in [-0.2, 0) is 19.3 Å². The SMILES string of the molecule is Cc1cc(O)c2oc3cc(Cc4ccc(F)nc4)ccc3c(=O)c2c1.Cc1cc(OCCN(C)C)c2oc3cc(Cc4ccc(C)nc4)ccc3c(=O)c2c1.Cc1cc(OCCN(C)C)c2oc3cc(Cc4ccc(F)nc4)ccc3c(=O)c2c1. The molecule has 0 bridgehead atoms. The van der Waals surface area contributed by atoms with Gasteiger partial charge < -0.3 is 37.6 Å². The van der Waals surface area contributed by atoms with Crippen LogP contribution in [0.15, 0.2) is 174 Å². The van der Waals surface area contributed by atoms with Crippen LogP contribution in [0.2, 0.25) is 0 Å². The number of phenolic OH excluding ortho intramolecular Hbond substituents is 1. The van der Waals surface area contributed by atoms with Gasteiger partial charge in [-0.3, -0.25) is 19.4 Å². The smallest absolute Gasteiger partial charge is 0.212 e. The molecule has 0 atom stereocenters. The zero-order valence-corrected chi connectivity index (χ0v) is 48.5. The van der Waals surface area contributed by atoms with Crippen molar-refractivity contribution in [3.63, 3.8) is 0 Å². The first-order valence-electron chi connectivity index (χ1n) is 27.7. The van der Waals surface area contributed by atoms with E-state index in [1.165, 1.54) is 24.5 Å². The zero-order chi connectivity index (χ0) is 60.1. The third-order valence-corrected chi connectivity index (χ3v) is 14.2. The van der Waals surface area contributed by atoms with Crippen molar-refractivity contribution < 1.29 is 36.6 Å². The number of likely N-dealkylation sites (N-methyl/N-ethyl adjacent to an activating group) is 2. The molecule has 12 rings (SSSR count). The van der Waals surface area contributed by atoms with E-state index in [9.17, 15) is 28.3 Å². The first kappa shape index (κ1) is 58.6. The summed E-state index contributed by atoms with van der Waals surface area (Å²) < 4.78 is 56.0. The Kier molecular flexibility index (Phi) is 17.5. The van der Waals surface area contributed by atoms with Crippen LogP contribution in [-0.4, -0.2) is 84.4 Å². The van der Waals surface area contributed by atoms with Crippen molar-refractivity contribution in [2.24, 2.45) is 0 Å². The van der Waals surface area contributed by atoms with E-state index < -0.39 is 11.9 Å². The summed E-state index contributed by atoms with van der Waals surface area (Å²) in [6, 6.07) is 37.5. The summed E-state index contributed by atoms with van der Waals surface area (Å²) in [4.78, 5) is 54.7. The summed E-state index contributed by atoms with van der Waals surface area (Å²) >= 11 is 0. The van der Waals surface area contributed by atoms with E-state index >= 15 is 0 Å². The Morgan fingerprint density at radius 1 is 0.424 bits per heavy atom. The van der Waals surface area contributed by atoms with Gasteiger partial charge >= 0.3 is 0 Å². The third-order valence-electron chi connectivity index (χ3n) is 14.2. The molecule has 0 saturated heterocycles. The molecular formula is C69H63F2N5O9. The van der Waals surface area contributed by atoms with Crippen LogP contribution in [0.25, 0.3) is 65.8 Å². The van der Waals surface area contributed by atoms with Gasteiger partial charge in [0.1, 0.15) is 30.0 Å². The molecule has 0 amide bonds. The molecular weight excluding hydrogens is 1080 g/mol. The lowest BCUT2D eigenvalue weighted by atomic mass is 10.0. The van der Waals surface area contributed by atoms with Crippen LogP contribution in [0.3, 0.4) is 0 Å². The number of ether oxygens (including phenoxy) is 2. The molecule has 0 unspecified atom stereocenters. The van der Waals surface area contributed by atoms with Crippen molar-refractivity contribution in [1.82, 2.24) is 24.8 Å². The van der Waals surface area contributed by atoms with Crippen LogP contribution in [0.1, 0.15) is 55.8 Å². The zero-order valence-electron chi connectivity index (χ0n) is 48.5. The van der Waals surface area contributed by atoms with Gasteiger partial charge in [-0.25, -0.2) is 9.97 Å². The molecule has 14 nitrogen and oxygen atoms in total. The van der Waals surface area contributed by atoms with Gasteiger partial charge in [-0.15, -0.1) is 0 Å². The summed E-state index contributed by atoms with van der Waals surface area (Å²) in [7, 11) is 7.94. The van der Waals surface area contributed by atoms with Crippen molar-refractivity contribution in [1.29, 1.82) is 0 Å². The largest absolute Gasteiger partial charge is 0.504 e. The number of aromatic nitrogens is 3. The fraction of sp³-hybridized carbons (Fsp3) is 0.217. The fourth-order valence-electron chi connectivity index (χ4n) is 9.89. The topological polar surface area (TPSA) is 174 Å². The van der Waals surface area contributed by atoms with E-state index in [4.69, 9.17) is 22.7 Å². The second-order valence-electron chi connectivity index (χ2n) is 21.8. The first-order chi connectivity index (χ1) is 40.8. The summed E-state index contributed by atoms with van der Waals surface area (Å²) in [5, 5.41) is 13.1. The van der Waals surface area contributed by atoms with Gasteiger partial charge in [-0.05, 0) is 216 Å².